The summed E-state index contributed by atoms with van der Waals surface area (Å²) in [7, 11) is 0. The lowest BCUT2D eigenvalue weighted by Gasteiger charge is -2.24. The molecule has 1 heterocycles. The third kappa shape index (κ3) is 4.58. The van der Waals surface area contributed by atoms with Crippen LogP contribution < -0.4 is 0 Å². The number of carbonyl (C=O) groups excluding carboxylic acids is 2. The summed E-state index contributed by atoms with van der Waals surface area (Å²) in [6.45, 7) is -0.544. The lowest BCUT2D eigenvalue weighted by atomic mass is 9.80. The predicted octanol–water partition coefficient (Wildman–Crippen LogP) is 3.99. The number of carboxylic acids is 1. The number of ketones is 1. The molecule has 4 rings (SSSR count). The molecule has 160 valence electrons. The van der Waals surface area contributed by atoms with Crippen molar-refractivity contribution in [3.8, 4) is 0 Å². The largest absolute Gasteiger partial charge is 0.480 e. The molecule has 6 heteroatoms. The van der Waals surface area contributed by atoms with E-state index in [0.29, 0.717) is 5.71 Å². The highest BCUT2D eigenvalue weighted by Crippen LogP contribution is 2.34. The standard InChI is InChI=1S/C25H26N2O4/c28-22(17-9-3-1-4-10-17)15-21-19-13-7-8-14-20(19)24(18-11-5-2-6-12-18)26-27(25(21)31)16-23(29)30/h2,5-8,11-14,17,21H,1,3-4,9-10,15-16H2,(H,29,30). The van der Waals surface area contributed by atoms with E-state index in [4.69, 9.17) is 0 Å². The van der Waals surface area contributed by atoms with Gasteiger partial charge in [-0.2, -0.15) is 5.10 Å². The van der Waals surface area contributed by atoms with E-state index < -0.39 is 24.3 Å². The Morgan fingerprint density at radius 2 is 1.65 bits per heavy atom. The summed E-state index contributed by atoms with van der Waals surface area (Å²) in [6.07, 6.45) is 5.04. The Morgan fingerprint density at radius 3 is 2.35 bits per heavy atom. The summed E-state index contributed by atoms with van der Waals surface area (Å²) in [5.74, 6) is -2.25. The third-order valence-corrected chi connectivity index (χ3v) is 6.16. The number of hydrazone groups is 1. The molecule has 1 N–H and O–H groups in total. The van der Waals surface area contributed by atoms with Crippen LogP contribution in [0.3, 0.4) is 0 Å². The van der Waals surface area contributed by atoms with Gasteiger partial charge in [-0.3, -0.25) is 14.4 Å². The van der Waals surface area contributed by atoms with Crippen LogP contribution >= 0.6 is 0 Å². The highest BCUT2D eigenvalue weighted by Gasteiger charge is 2.36. The summed E-state index contributed by atoms with van der Waals surface area (Å²) in [6, 6.07) is 16.9. The summed E-state index contributed by atoms with van der Waals surface area (Å²) in [5, 5.41) is 14.9. The molecule has 1 aliphatic carbocycles. The molecule has 0 bridgehead atoms. The molecule has 1 atom stereocenters. The molecule has 1 aliphatic heterocycles. The van der Waals surface area contributed by atoms with Crippen LogP contribution in [0, 0.1) is 5.92 Å². The Balaban J connectivity index is 1.77. The first-order valence-corrected chi connectivity index (χ1v) is 10.8. The SMILES string of the molecule is O=C(O)CN1N=C(c2ccccc2)c2ccccc2C(CC(=O)C2CCCCC2)C1=O. The maximum Gasteiger partial charge on any atom is 0.325 e. The van der Waals surface area contributed by atoms with Gasteiger partial charge in [-0.05, 0) is 18.4 Å². The van der Waals surface area contributed by atoms with Crippen molar-refractivity contribution in [3.05, 3.63) is 71.3 Å². The van der Waals surface area contributed by atoms with E-state index in [1.165, 1.54) is 0 Å². The first-order chi connectivity index (χ1) is 15.0. The molecular formula is C25H26N2O4. The van der Waals surface area contributed by atoms with Crippen LogP contribution in [0.1, 0.15) is 61.1 Å². The second-order valence-electron chi connectivity index (χ2n) is 8.25. The van der Waals surface area contributed by atoms with E-state index in [2.05, 4.69) is 5.10 Å². The van der Waals surface area contributed by atoms with Crippen LogP contribution in [0.15, 0.2) is 59.7 Å². The van der Waals surface area contributed by atoms with Crippen molar-refractivity contribution in [3.63, 3.8) is 0 Å². The Hall–Kier alpha value is -3.28. The molecule has 0 saturated heterocycles. The van der Waals surface area contributed by atoms with Crippen molar-refractivity contribution < 1.29 is 19.5 Å². The van der Waals surface area contributed by atoms with Gasteiger partial charge < -0.3 is 5.11 Å². The second kappa shape index (κ2) is 9.25. The second-order valence-corrected chi connectivity index (χ2v) is 8.25. The monoisotopic (exact) mass is 418 g/mol. The van der Waals surface area contributed by atoms with Gasteiger partial charge in [0, 0.05) is 23.5 Å². The van der Waals surface area contributed by atoms with Gasteiger partial charge in [-0.15, -0.1) is 0 Å². The van der Waals surface area contributed by atoms with Crippen molar-refractivity contribution in [2.75, 3.05) is 6.54 Å². The van der Waals surface area contributed by atoms with Crippen LogP contribution in [0.2, 0.25) is 0 Å². The lowest BCUT2D eigenvalue weighted by molar-refractivity contribution is -0.145. The van der Waals surface area contributed by atoms with E-state index in [0.717, 1.165) is 53.8 Å². The molecule has 2 aromatic carbocycles. The van der Waals surface area contributed by atoms with Crippen LogP contribution in [-0.2, 0) is 14.4 Å². The summed E-state index contributed by atoms with van der Waals surface area (Å²) < 4.78 is 0. The van der Waals surface area contributed by atoms with Gasteiger partial charge in [0.15, 0.2) is 0 Å². The van der Waals surface area contributed by atoms with E-state index in [9.17, 15) is 19.5 Å². The quantitative estimate of drug-likeness (QED) is 0.768. The van der Waals surface area contributed by atoms with Gasteiger partial charge in [0.25, 0.3) is 5.91 Å². The zero-order valence-electron chi connectivity index (χ0n) is 17.4. The molecule has 0 radical (unpaired) electrons. The first kappa shape index (κ1) is 21.0. The molecule has 31 heavy (non-hydrogen) atoms. The zero-order chi connectivity index (χ0) is 21.8. The number of fused-ring (bicyclic) bond motifs is 1. The molecule has 1 amide bonds. The van der Waals surface area contributed by atoms with Crippen LogP contribution in [0.25, 0.3) is 0 Å². The zero-order valence-corrected chi connectivity index (χ0v) is 17.4. The maximum atomic E-state index is 13.4. The topological polar surface area (TPSA) is 87.0 Å². The number of carbonyl (C=O) groups is 3. The number of nitrogens with zero attached hydrogens (tertiary/aromatic N) is 2. The van der Waals surface area contributed by atoms with E-state index >= 15 is 0 Å². The Morgan fingerprint density at radius 1 is 0.968 bits per heavy atom. The summed E-state index contributed by atoms with van der Waals surface area (Å²) in [5.41, 5.74) is 2.82. The van der Waals surface area contributed by atoms with E-state index in [-0.39, 0.29) is 18.1 Å². The molecule has 1 unspecified atom stereocenters. The Kier molecular flexibility index (Phi) is 6.26. The van der Waals surface area contributed by atoms with Gasteiger partial charge in [0.2, 0.25) is 0 Å². The van der Waals surface area contributed by atoms with Crippen molar-refractivity contribution in [2.24, 2.45) is 11.0 Å². The molecule has 0 spiro atoms. The lowest BCUT2D eigenvalue weighted by Crippen LogP contribution is -2.36. The van der Waals surface area contributed by atoms with E-state index in [1.807, 2.05) is 54.6 Å². The van der Waals surface area contributed by atoms with Gasteiger partial charge in [0.1, 0.15) is 12.3 Å². The number of rotatable bonds is 6. The van der Waals surface area contributed by atoms with Gasteiger partial charge in [-0.1, -0.05) is 73.9 Å². The minimum Gasteiger partial charge on any atom is -0.480 e. The number of Topliss-reactive ketones (excluding diaryl/α,β-unsaturated/α-hetero) is 1. The number of hydrogen-bond donors (Lipinski definition) is 1. The molecule has 2 aliphatic rings. The van der Waals surface area contributed by atoms with Gasteiger partial charge in [-0.25, -0.2) is 5.01 Å². The van der Waals surface area contributed by atoms with E-state index in [1.54, 1.807) is 0 Å². The van der Waals surface area contributed by atoms with Crippen LogP contribution in [0.4, 0.5) is 0 Å². The fraction of sp³-hybridized carbons (Fsp3) is 0.360. The normalized spacial score (nSPS) is 19.4. The fourth-order valence-corrected chi connectivity index (χ4v) is 4.59. The molecule has 2 aromatic rings. The average Bonchev–Trinajstić information content (AvgIpc) is 2.90. The number of amides is 1. The Bertz CT molecular complexity index is 1010. The van der Waals surface area contributed by atoms with Crippen molar-refractivity contribution in [1.29, 1.82) is 0 Å². The average molecular weight is 418 g/mol. The van der Waals surface area contributed by atoms with Crippen LogP contribution in [0.5, 0.6) is 0 Å². The van der Waals surface area contributed by atoms with Gasteiger partial charge in [0.05, 0.1) is 11.6 Å². The molecule has 1 fully saturated rings. The number of aliphatic carboxylic acids is 1. The fourth-order valence-electron chi connectivity index (χ4n) is 4.59. The maximum absolute atomic E-state index is 13.4. The van der Waals surface area contributed by atoms with Crippen LogP contribution in [-0.4, -0.2) is 40.0 Å². The van der Waals surface area contributed by atoms with Gasteiger partial charge >= 0.3 is 5.97 Å². The van der Waals surface area contributed by atoms with Crippen molar-refractivity contribution in [2.45, 2.75) is 44.4 Å². The van der Waals surface area contributed by atoms with Crippen molar-refractivity contribution in [1.82, 2.24) is 5.01 Å². The predicted molar refractivity (Wildman–Crippen MR) is 117 cm³/mol. The molecule has 1 saturated carbocycles. The highest BCUT2D eigenvalue weighted by atomic mass is 16.4. The third-order valence-electron chi connectivity index (χ3n) is 6.16. The summed E-state index contributed by atoms with van der Waals surface area (Å²) in [4.78, 5) is 38.0. The Labute approximate surface area is 181 Å². The first-order valence-electron chi connectivity index (χ1n) is 10.8. The number of benzene rings is 2. The van der Waals surface area contributed by atoms with Crippen molar-refractivity contribution >= 4 is 23.4 Å². The summed E-state index contributed by atoms with van der Waals surface area (Å²) >= 11 is 0. The minimum absolute atomic E-state index is 0.0144. The minimum atomic E-state index is -1.15. The smallest absolute Gasteiger partial charge is 0.325 e. The molecule has 6 nitrogen and oxygen atoms in total. The highest BCUT2D eigenvalue weighted by molar-refractivity contribution is 6.16. The number of carboxylic acid groups (broad SMARTS) is 1. The number of hydrogen-bond acceptors (Lipinski definition) is 4. The molecule has 0 aromatic heterocycles. The molecular weight excluding hydrogens is 392 g/mol.